The minimum Gasteiger partial charge on any atom is -0.496 e. The van der Waals surface area contributed by atoms with Gasteiger partial charge < -0.3 is 15.2 Å². The third kappa shape index (κ3) is 4.10. The summed E-state index contributed by atoms with van der Waals surface area (Å²) in [5, 5.41) is 11.9. The number of aryl methyl sites for hydroxylation is 2. The SMILES string of the molecule is COc1cc(C(=O)O)ccc1CCNC(=O)c1cc(C)c(C)s1. The number of rotatable bonds is 6. The minimum atomic E-state index is -0.994. The van der Waals surface area contributed by atoms with Crippen molar-refractivity contribution >= 4 is 23.2 Å². The van der Waals surface area contributed by atoms with Crippen molar-refractivity contribution in [3.63, 3.8) is 0 Å². The summed E-state index contributed by atoms with van der Waals surface area (Å²) in [5.74, 6) is -0.569. The molecule has 1 amide bonds. The van der Waals surface area contributed by atoms with Crippen LogP contribution in [-0.4, -0.2) is 30.6 Å². The fourth-order valence-electron chi connectivity index (χ4n) is 2.17. The van der Waals surface area contributed by atoms with Gasteiger partial charge in [-0.2, -0.15) is 0 Å². The van der Waals surface area contributed by atoms with Crippen molar-refractivity contribution < 1.29 is 19.4 Å². The second-order valence-electron chi connectivity index (χ2n) is 5.19. The third-order valence-corrected chi connectivity index (χ3v) is 4.76. The molecule has 0 aliphatic carbocycles. The van der Waals surface area contributed by atoms with Crippen molar-refractivity contribution in [1.29, 1.82) is 0 Å². The number of benzene rings is 1. The number of carboxylic acids is 1. The van der Waals surface area contributed by atoms with E-state index in [1.807, 2.05) is 19.9 Å². The monoisotopic (exact) mass is 333 g/mol. The summed E-state index contributed by atoms with van der Waals surface area (Å²) in [6.07, 6.45) is 0.568. The smallest absolute Gasteiger partial charge is 0.335 e. The largest absolute Gasteiger partial charge is 0.496 e. The van der Waals surface area contributed by atoms with Crippen molar-refractivity contribution in [2.24, 2.45) is 0 Å². The highest BCUT2D eigenvalue weighted by Crippen LogP contribution is 2.22. The zero-order valence-electron chi connectivity index (χ0n) is 13.3. The maximum absolute atomic E-state index is 12.1. The van der Waals surface area contributed by atoms with E-state index in [2.05, 4.69) is 5.32 Å². The molecule has 0 saturated carbocycles. The van der Waals surface area contributed by atoms with E-state index >= 15 is 0 Å². The van der Waals surface area contributed by atoms with Crippen LogP contribution in [0.4, 0.5) is 0 Å². The van der Waals surface area contributed by atoms with Gasteiger partial charge in [0, 0.05) is 11.4 Å². The lowest BCUT2D eigenvalue weighted by atomic mass is 10.1. The number of hydrogen-bond acceptors (Lipinski definition) is 4. The molecule has 0 saturated heterocycles. The van der Waals surface area contributed by atoms with E-state index < -0.39 is 5.97 Å². The number of amides is 1. The Morgan fingerprint density at radius 2 is 2.00 bits per heavy atom. The first-order valence-electron chi connectivity index (χ1n) is 7.17. The zero-order chi connectivity index (χ0) is 17.0. The second-order valence-corrected chi connectivity index (χ2v) is 6.44. The molecule has 0 unspecified atom stereocenters. The van der Waals surface area contributed by atoms with E-state index in [9.17, 15) is 9.59 Å². The van der Waals surface area contributed by atoms with Gasteiger partial charge in [0.15, 0.2) is 0 Å². The Balaban J connectivity index is 1.98. The molecule has 2 rings (SSSR count). The topological polar surface area (TPSA) is 75.6 Å². The number of hydrogen-bond donors (Lipinski definition) is 2. The highest BCUT2D eigenvalue weighted by Gasteiger charge is 2.12. The van der Waals surface area contributed by atoms with E-state index in [-0.39, 0.29) is 11.5 Å². The van der Waals surface area contributed by atoms with E-state index in [0.717, 1.165) is 16.0 Å². The number of carbonyl (C=O) groups is 2. The Kier molecular flexibility index (Phi) is 5.39. The molecule has 122 valence electrons. The van der Waals surface area contributed by atoms with Crippen LogP contribution in [-0.2, 0) is 6.42 Å². The summed E-state index contributed by atoms with van der Waals surface area (Å²) in [6.45, 7) is 4.43. The summed E-state index contributed by atoms with van der Waals surface area (Å²) in [7, 11) is 1.50. The standard InChI is InChI=1S/C17H19NO4S/c1-10-8-15(23-11(10)2)16(19)18-7-6-12-4-5-13(17(20)21)9-14(12)22-3/h4-5,8-9H,6-7H2,1-3H3,(H,18,19)(H,20,21). The van der Waals surface area contributed by atoms with Crippen LogP contribution in [0.2, 0.25) is 0 Å². The molecule has 0 radical (unpaired) electrons. The molecule has 5 nitrogen and oxygen atoms in total. The van der Waals surface area contributed by atoms with Crippen molar-refractivity contribution in [2.45, 2.75) is 20.3 Å². The Labute approximate surface area is 138 Å². The Morgan fingerprint density at radius 1 is 1.26 bits per heavy atom. The van der Waals surface area contributed by atoms with Gasteiger partial charge in [0.05, 0.1) is 17.6 Å². The predicted molar refractivity (Wildman–Crippen MR) is 89.8 cm³/mol. The van der Waals surface area contributed by atoms with Crippen LogP contribution < -0.4 is 10.1 Å². The summed E-state index contributed by atoms with van der Waals surface area (Å²) in [6, 6.07) is 6.63. The Bertz CT molecular complexity index is 717. The molecule has 23 heavy (non-hydrogen) atoms. The van der Waals surface area contributed by atoms with Gasteiger partial charge in [-0.25, -0.2) is 4.79 Å². The maximum atomic E-state index is 12.1. The molecule has 1 aromatic heterocycles. The van der Waals surface area contributed by atoms with Gasteiger partial charge in [0.1, 0.15) is 5.75 Å². The molecule has 1 aromatic carbocycles. The van der Waals surface area contributed by atoms with Crippen LogP contribution in [0.3, 0.4) is 0 Å². The number of thiophene rings is 1. The number of ether oxygens (including phenoxy) is 1. The highest BCUT2D eigenvalue weighted by atomic mass is 32.1. The van der Waals surface area contributed by atoms with Gasteiger partial charge in [-0.3, -0.25) is 4.79 Å². The number of nitrogens with one attached hydrogen (secondary N) is 1. The van der Waals surface area contributed by atoms with Crippen molar-refractivity contribution in [3.8, 4) is 5.75 Å². The van der Waals surface area contributed by atoms with Gasteiger partial charge in [0.25, 0.3) is 5.91 Å². The maximum Gasteiger partial charge on any atom is 0.335 e. The lowest BCUT2D eigenvalue weighted by Gasteiger charge is -2.10. The van der Waals surface area contributed by atoms with Crippen molar-refractivity contribution in [3.05, 3.63) is 50.7 Å². The van der Waals surface area contributed by atoms with Crippen LogP contribution in [0.1, 0.15) is 36.0 Å². The summed E-state index contributed by atoms with van der Waals surface area (Å²) in [5.41, 5.74) is 2.15. The first-order valence-corrected chi connectivity index (χ1v) is 7.99. The molecular formula is C17H19NO4S. The van der Waals surface area contributed by atoms with Gasteiger partial charge in [-0.05, 0) is 49.6 Å². The molecular weight excluding hydrogens is 314 g/mol. The van der Waals surface area contributed by atoms with Gasteiger partial charge >= 0.3 is 5.97 Å². The average molecular weight is 333 g/mol. The number of aromatic carboxylic acids is 1. The zero-order valence-corrected chi connectivity index (χ0v) is 14.1. The normalized spacial score (nSPS) is 10.4. The van der Waals surface area contributed by atoms with Crippen LogP contribution in [0.5, 0.6) is 5.75 Å². The average Bonchev–Trinajstić information content (AvgIpc) is 2.86. The third-order valence-electron chi connectivity index (χ3n) is 3.60. The van der Waals surface area contributed by atoms with E-state index in [4.69, 9.17) is 9.84 Å². The van der Waals surface area contributed by atoms with Gasteiger partial charge in [-0.15, -0.1) is 11.3 Å². The first-order chi connectivity index (χ1) is 10.9. The Morgan fingerprint density at radius 3 is 2.57 bits per heavy atom. The van der Waals surface area contributed by atoms with Gasteiger partial charge in [0.2, 0.25) is 0 Å². The van der Waals surface area contributed by atoms with Crippen LogP contribution in [0, 0.1) is 13.8 Å². The van der Waals surface area contributed by atoms with E-state index in [1.165, 1.54) is 30.6 Å². The number of methoxy groups -OCH3 is 1. The summed E-state index contributed by atoms with van der Waals surface area (Å²) < 4.78 is 5.22. The molecule has 0 aliphatic heterocycles. The molecule has 0 atom stereocenters. The fraction of sp³-hybridized carbons (Fsp3) is 0.294. The van der Waals surface area contributed by atoms with Crippen LogP contribution in [0.25, 0.3) is 0 Å². The molecule has 6 heteroatoms. The van der Waals surface area contributed by atoms with E-state index in [1.54, 1.807) is 6.07 Å². The van der Waals surface area contributed by atoms with Crippen LogP contribution >= 0.6 is 11.3 Å². The quantitative estimate of drug-likeness (QED) is 0.852. The predicted octanol–water partition coefficient (Wildman–Crippen LogP) is 3.04. The number of carbonyl (C=O) groups excluding carboxylic acids is 1. The Hall–Kier alpha value is -2.34. The molecule has 1 heterocycles. The second kappa shape index (κ2) is 7.28. The molecule has 2 aromatic rings. The lowest BCUT2D eigenvalue weighted by molar-refractivity contribution is 0.0696. The molecule has 0 bridgehead atoms. The first kappa shape index (κ1) is 17.0. The lowest BCUT2D eigenvalue weighted by Crippen LogP contribution is -2.25. The van der Waals surface area contributed by atoms with Crippen molar-refractivity contribution in [2.75, 3.05) is 13.7 Å². The van der Waals surface area contributed by atoms with Gasteiger partial charge in [-0.1, -0.05) is 6.07 Å². The summed E-state index contributed by atoms with van der Waals surface area (Å²) >= 11 is 1.48. The highest BCUT2D eigenvalue weighted by molar-refractivity contribution is 7.14. The molecule has 0 spiro atoms. The van der Waals surface area contributed by atoms with E-state index in [0.29, 0.717) is 23.6 Å². The van der Waals surface area contributed by atoms with Crippen LogP contribution in [0.15, 0.2) is 24.3 Å². The number of carboxylic acid groups (broad SMARTS) is 1. The van der Waals surface area contributed by atoms with Crippen molar-refractivity contribution in [1.82, 2.24) is 5.32 Å². The molecule has 0 aliphatic rings. The molecule has 2 N–H and O–H groups in total. The summed E-state index contributed by atoms with van der Waals surface area (Å²) in [4.78, 5) is 24.9. The fourth-order valence-corrected chi connectivity index (χ4v) is 3.12. The minimum absolute atomic E-state index is 0.0904. The molecule has 0 fully saturated rings.